The first-order valence-corrected chi connectivity index (χ1v) is 13.9. The van der Waals surface area contributed by atoms with Crippen LogP contribution in [0.2, 0.25) is 5.28 Å². The highest BCUT2D eigenvalue weighted by molar-refractivity contribution is 7.33. The van der Waals surface area contributed by atoms with E-state index < -0.39 is 44.8 Å². The van der Waals surface area contributed by atoms with E-state index in [0.29, 0.717) is 17.6 Å². The molecule has 2 aromatic heterocycles. The summed E-state index contributed by atoms with van der Waals surface area (Å²) in [5, 5.41) is 13.6. The van der Waals surface area contributed by atoms with Crippen molar-refractivity contribution in [2.45, 2.75) is 70.8 Å². The van der Waals surface area contributed by atoms with E-state index in [1.807, 2.05) is 25.1 Å². The summed E-state index contributed by atoms with van der Waals surface area (Å²) in [5.74, 6) is -0.428. The summed E-state index contributed by atoms with van der Waals surface area (Å²) in [4.78, 5) is 24.1. The van der Waals surface area contributed by atoms with Crippen molar-refractivity contribution in [3.05, 3.63) is 46.5 Å². The lowest BCUT2D eigenvalue weighted by molar-refractivity contribution is -0.149. The van der Waals surface area contributed by atoms with Gasteiger partial charge in [-0.2, -0.15) is 15.1 Å². The van der Waals surface area contributed by atoms with E-state index in [-0.39, 0.29) is 30.7 Å². The summed E-state index contributed by atoms with van der Waals surface area (Å²) in [6.07, 6.45) is -0.554. The van der Waals surface area contributed by atoms with Gasteiger partial charge in [0, 0.05) is 17.4 Å². The normalized spacial score (nSPS) is 20.8. The first-order valence-electron chi connectivity index (χ1n) is 12.4. The second-order valence-corrected chi connectivity index (χ2v) is 10.7. The number of ether oxygens (including phenoxy) is 2. The highest BCUT2D eigenvalue weighted by atomic mass is 35.5. The van der Waals surface area contributed by atoms with Gasteiger partial charge in [-0.1, -0.05) is 18.2 Å². The third kappa shape index (κ3) is 7.14. The van der Waals surface area contributed by atoms with E-state index in [2.05, 4.69) is 20.1 Å². The lowest BCUT2D eigenvalue weighted by Gasteiger charge is -2.15. The van der Waals surface area contributed by atoms with E-state index in [9.17, 15) is 14.5 Å². The van der Waals surface area contributed by atoms with Gasteiger partial charge in [0.05, 0.1) is 12.4 Å². The number of benzene rings is 1. The molecule has 0 radical (unpaired) electrons. The van der Waals surface area contributed by atoms with Crippen molar-refractivity contribution in [2.24, 2.45) is 5.11 Å². The smallest absolute Gasteiger partial charge is 0.461 e. The van der Waals surface area contributed by atoms with Gasteiger partial charge in [-0.05, 0) is 49.1 Å². The van der Waals surface area contributed by atoms with Gasteiger partial charge < -0.3 is 20.3 Å². The molecular weight excluding hydrogens is 565 g/mol. The number of aliphatic hydroxyl groups excluding tert-OH is 1. The Balaban J connectivity index is 1.28. The van der Waals surface area contributed by atoms with Crippen molar-refractivity contribution in [1.29, 1.82) is 5.53 Å². The predicted octanol–water partition coefficient (Wildman–Crippen LogP) is 3.80. The van der Waals surface area contributed by atoms with Crippen LogP contribution in [0.4, 0.5) is 5.82 Å². The maximum atomic E-state index is 12.5. The van der Waals surface area contributed by atoms with Gasteiger partial charge in [0.1, 0.15) is 37.2 Å². The molecule has 40 heavy (non-hydrogen) atoms. The molecule has 1 fully saturated rings. The average molecular weight is 595 g/mol. The quantitative estimate of drug-likeness (QED) is 0.119. The molecule has 0 spiro atoms. The molecule has 0 bridgehead atoms. The standard InChI is InChI=1S/C24H30ClN7O7P/c1-12-4-5-15(6-13(2)38-23(34)14(3)31-27)7-16(12)9-36-40(35)37-10-18-17(33)8-19(39-18)32-11-28-20-21(26)29-24(25)30-22(20)32/h4-5,7,11,13-14,17-19,27,33H,6,8-10H2,1-3H3,(H2,26,29,30)/q+1. The average Bonchev–Trinajstić information content (AvgIpc) is 3.50. The van der Waals surface area contributed by atoms with Crippen LogP contribution in [0.5, 0.6) is 0 Å². The summed E-state index contributed by atoms with van der Waals surface area (Å²) in [5.41, 5.74) is 16.1. The van der Waals surface area contributed by atoms with E-state index in [0.717, 1.165) is 16.7 Å². The lowest BCUT2D eigenvalue weighted by atomic mass is 10.0. The van der Waals surface area contributed by atoms with Crippen LogP contribution in [0.1, 0.15) is 43.2 Å². The number of aryl methyl sites for hydroxylation is 1. The molecule has 214 valence electrons. The number of aromatic nitrogens is 4. The molecule has 4 rings (SSSR count). The number of aliphatic hydroxyl groups is 1. The molecule has 4 N–H and O–H groups in total. The van der Waals surface area contributed by atoms with Gasteiger partial charge in [0.25, 0.3) is 0 Å². The minimum Gasteiger partial charge on any atom is -0.461 e. The van der Waals surface area contributed by atoms with Crippen molar-refractivity contribution in [2.75, 3.05) is 12.3 Å². The summed E-state index contributed by atoms with van der Waals surface area (Å²) >= 11 is 5.92. The van der Waals surface area contributed by atoms with E-state index in [4.69, 9.17) is 41.4 Å². The fourth-order valence-electron chi connectivity index (χ4n) is 4.18. The number of carbonyl (C=O) groups is 1. The van der Waals surface area contributed by atoms with Gasteiger partial charge in [0.15, 0.2) is 17.5 Å². The zero-order valence-corrected chi connectivity index (χ0v) is 23.7. The maximum absolute atomic E-state index is 12.5. The number of anilines is 1. The highest BCUT2D eigenvalue weighted by Gasteiger charge is 2.38. The topological polar surface area (TPSA) is 197 Å². The van der Waals surface area contributed by atoms with Crippen molar-refractivity contribution in [3.8, 4) is 0 Å². The Morgan fingerprint density at radius 3 is 2.90 bits per heavy atom. The van der Waals surface area contributed by atoms with Crippen LogP contribution in [-0.4, -0.2) is 61.6 Å². The Hall–Kier alpha value is -3.13. The predicted molar refractivity (Wildman–Crippen MR) is 143 cm³/mol. The van der Waals surface area contributed by atoms with Crippen LogP contribution < -0.4 is 5.73 Å². The SMILES string of the molecule is Cc1ccc(CC(C)OC(=O)C(C)N=N)cc1CO[P+](=O)OCC1OC(n2cnc3c(N)nc(Cl)nc32)CC1O. The second-order valence-electron chi connectivity index (χ2n) is 9.44. The van der Waals surface area contributed by atoms with Crippen LogP contribution in [0, 0.1) is 12.5 Å². The summed E-state index contributed by atoms with van der Waals surface area (Å²) in [6.45, 7) is 5.01. The number of hydrogen-bond donors (Lipinski definition) is 3. The number of esters is 1. The Bertz CT molecular complexity index is 1410. The van der Waals surface area contributed by atoms with Gasteiger partial charge in [-0.3, -0.25) is 4.57 Å². The number of nitrogens with one attached hydrogen (secondary N) is 1. The Morgan fingerprint density at radius 1 is 1.38 bits per heavy atom. The minimum atomic E-state index is -2.51. The molecule has 1 aliphatic rings. The summed E-state index contributed by atoms with van der Waals surface area (Å²) in [7, 11) is -2.51. The van der Waals surface area contributed by atoms with Gasteiger partial charge in [-0.15, -0.1) is 9.05 Å². The number of imidazole rings is 1. The van der Waals surface area contributed by atoms with E-state index in [1.165, 1.54) is 13.3 Å². The molecule has 1 saturated heterocycles. The zero-order valence-electron chi connectivity index (χ0n) is 22.1. The maximum Gasteiger partial charge on any atom is 0.697 e. The number of nitrogens with zero attached hydrogens (tertiary/aromatic N) is 5. The molecule has 6 unspecified atom stereocenters. The molecule has 3 heterocycles. The van der Waals surface area contributed by atoms with Crippen molar-refractivity contribution >= 4 is 42.8 Å². The molecule has 1 aromatic carbocycles. The van der Waals surface area contributed by atoms with Crippen molar-refractivity contribution in [3.63, 3.8) is 0 Å². The Kier molecular flexibility index (Phi) is 9.72. The molecule has 0 saturated carbocycles. The Morgan fingerprint density at radius 2 is 2.15 bits per heavy atom. The molecule has 14 nitrogen and oxygen atoms in total. The minimum absolute atomic E-state index is 0.0252. The highest BCUT2D eigenvalue weighted by Crippen LogP contribution is 2.34. The van der Waals surface area contributed by atoms with Crippen LogP contribution in [0.15, 0.2) is 29.6 Å². The van der Waals surface area contributed by atoms with Gasteiger partial charge in [-0.25, -0.2) is 15.3 Å². The monoisotopic (exact) mass is 594 g/mol. The van der Waals surface area contributed by atoms with E-state index in [1.54, 1.807) is 11.5 Å². The fraction of sp³-hybridized carbons (Fsp3) is 0.500. The molecule has 0 aliphatic carbocycles. The molecule has 1 aliphatic heterocycles. The first-order chi connectivity index (χ1) is 19.0. The van der Waals surface area contributed by atoms with Crippen LogP contribution in [0.25, 0.3) is 11.2 Å². The number of fused-ring (bicyclic) bond motifs is 1. The first kappa shape index (κ1) is 29.8. The van der Waals surface area contributed by atoms with Gasteiger partial charge >= 0.3 is 14.2 Å². The van der Waals surface area contributed by atoms with Crippen molar-refractivity contribution < 1.29 is 33.0 Å². The molecule has 6 atom stereocenters. The summed E-state index contributed by atoms with van der Waals surface area (Å²) in [6, 6.07) is 4.84. The molecule has 3 aromatic rings. The number of rotatable bonds is 12. The molecular formula is C24H30ClN7O7P+. The second kappa shape index (κ2) is 13.0. The number of nitrogen functional groups attached to an aromatic ring is 1. The van der Waals surface area contributed by atoms with E-state index >= 15 is 0 Å². The molecule has 0 amide bonds. The molecule has 16 heteroatoms. The van der Waals surface area contributed by atoms with Crippen LogP contribution >= 0.6 is 19.9 Å². The number of nitrogens with two attached hydrogens (primary N) is 1. The number of halogens is 1. The van der Waals surface area contributed by atoms with Crippen LogP contribution in [0.3, 0.4) is 0 Å². The Labute approximate surface area is 235 Å². The number of carbonyl (C=O) groups excluding carboxylic acids is 1. The largest absolute Gasteiger partial charge is 0.697 e. The van der Waals surface area contributed by atoms with Gasteiger partial charge in [0.2, 0.25) is 5.28 Å². The number of hydrogen-bond acceptors (Lipinski definition) is 13. The van der Waals surface area contributed by atoms with Crippen molar-refractivity contribution in [1.82, 2.24) is 19.5 Å². The summed E-state index contributed by atoms with van der Waals surface area (Å²) < 4.78 is 36.1. The lowest BCUT2D eigenvalue weighted by Crippen LogP contribution is -2.25. The third-order valence-corrected chi connectivity index (χ3v) is 7.26. The third-order valence-electron chi connectivity index (χ3n) is 6.39. The fourth-order valence-corrected chi connectivity index (χ4v) is 4.94. The zero-order chi connectivity index (χ0) is 29.0. The van der Waals surface area contributed by atoms with Crippen LogP contribution in [-0.2, 0) is 40.9 Å².